The minimum Gasteiger partial charge on any atom is -0.494 e. The smallest absolute Gasteiger partial charge is 0.408 e. The maximum absolute atomic E-state index is 13.1. The number of nitrogens with zero attached hydrogens (tertiary/aromatic N) is 3. The number of nitrogens with one attached hydrogen (secondary N) is 2. The quantitative estimate of drug-likeness (QED) is 0.347. The van der Waals surface area contributed by atoms with E-state index in [4.69, 9.17) is 14.2 Å². The number of H-pyrrole nitrogens is 1. The average Bonchev–Trinajstić information content (AvgIpc) is 3.40. The molecule has 4 rings (SSSR count). The number of rotatable bonds is 6. The third-order valence-electron chi connectivity index (χ3n) is 5.91. The predicted octanol–water partition coefficient (Wildman–Crippen LogP) is 5.14. The lowest BCUT2D eigenvalue weighted by atomic mass is 10.0. The maximum atomic E-state index is 13.1. The Balaban J connectivity index is 1.54. The number of alkyl carbamates (subject to hydrolysis) is 1. The number of amides is 1. The minimum atomic E-state index is -0.982. The molecule has 1 atom stereocenters. The highest BCUT2D eigenvalue weighted by molar-refractivity contribution is 5.96. The molecule has 0 saturated heterocycles. The van der Waals surface area contributed by atoms with E-state index in [0.717, 1.165) is 10.9 Å². The van der Waals surface area contributed by atoms with Crippen LogP contribution >= 0.6 is 0 Å². The van der Waals surface area contributed by atoms with Crippen LogP contribution in [0.1, 0.15) is 69.3 Å². The monoisotopic (exact) mass is 507 g/mol. The zero-order valence-electron chi connectivity index (χ0n) is 22.4. The molecule has 0 radical (unpaired) electrons. The first-order valence-corrected chi connectivity index (χ1v) is 12.0. The molecule has 0 aliphatic heterocycles. The molecule has 0 aliphatic rings. The number of carbonyl (C=O) groups is 2. The number of aromatic nitrogens is 4. The van der Waals surface area contributed by atoms with Crippen LogP contribution in [0.4, 0.5) is 4.79 Å². The maximum Gasteiger partial charge on any atom is 0.408 e. The highest BCUT2D eigenvalue weighted by Crippen LogP contribution is 2.31. The zero-order chi connectivity index (χ0) is 27.1. The van der Waals surface area contributed by atoms with Gasteiger partial charge in [0.15, 0.2) is 0 Å². The first-order chi connectivity index (χ1) is 17.3. The number of aromatic amines is 1. The van der Waals surface area contributed by atoms with Crippen molar-refractivity contribution in [1.29, 1.82) is 0 Å². The van der Waals surface area contributed by atoms with Gasteiger partial charge in [0.2, 0.25) is 0 Å². The summed E-state index contributed by atoms with van der Waals surface area (Å²) in [6.45, 7) is 10.9. The van der Waals surface area contributed by atoms with Crippen molar-refractivity contribution >= 4 is 34.1 Å². The van der Waals surface area contributed by atoms with Gasteiger partial charge in [0.25, 0.3) is 0 Å². The average molecular weight is 508 g/mol. The summed E-state index contributed by atoms with van der Waals surface area (Å²) in [5.41, 5.74) is 2.17. The third-order valence-corrected chi connectivity index (χ3v) is 5.91. The van der Waals surface area contributed by atoms with Crippen LogP contribution < -0.4 is 10.1 Å². The van der Waals surface area contributed by atoms with Gasteiger partial charge in [0.1, 0.15) is 28.1 Å². The molecule has 0 saturated carbocycles. The minimum absolute atomic E-state index is 0.342. The topological polar surface area (TPSA) is 120 Å². The Hall–Kier alpha value is -4.08. The summed E-state index contributed by atoms with van der Waals surface area (Å²) in [5.74, 6) is 0.0389. The van der Waals surface area contributed by atoms with Crippen molar-refractivity contribution in [2.45, 2.75) is 58.8 Å². The van der Waals surface area contributed by atoms with E-state index in [2.05, 4.69) is 20.3 Å². The first kappa shape index (κ1) is 26.0. The third kappa shape index (κ3) is 5.52. The summed E-state index contributed by atoms with van der Waals surface area (Å²) in [5, 5.41) is 3.65. The van der Waals surface area contributed by atoms with Gasteiger partial charge < -0.3 is 29.1 Å². The highest BCUT2D eigenvalue weighted by Gasteiger charge is 2.29. The predicted molar refractivity (Wildman–Crippen MR) is 140 cm³/mol. The van der Waals surface area contributed by atoms with Crippen molar-refractivity contribution in [1.82, 2.24) is 24.8 Å². The van der Waals surface area contributed by atoms with Crippen molar-refractivity contribution in [2.75, 3.05) is 7.11 Å². The van der Waals surface area contributed by atoms with Crippen LogP contribution in [0.25, 0.3) is 22.1 Å². The second kappa shape index (κ2) is 9.42. The van der Waals surface area contributed by atoms with Crippen LogP contribution in [0, 0.1) is 0 Å². The fourth-order valence-electron chi connectivity index (χ4n) is 4.02. The van der Waals surface area contributed by atoms with Crippen LogP contribution in [0.15, 0.2) is 36.7 Å². The summed E-state index contributed by atoms with van der Waals surface area (Å²) in [7, 11) is 3.42. The Morgan fingerprint density at radius 1 is 1.08 bits per heavy atom. The van der Waals surface area contributed by atoms with Gasteiger partial charge in [-0.25, -0.2) is 19.6 Å². The van der Waals surface area contributed by atoms with Gasteiger partial charge in [-0.1, -0.05) is 0 Å². The van der Waals surface area contributed by atoms with E-state index in [1.54, 1.807) is 39.4 Å². The number of pyridine rings is 1. The lowest BCUT2D eigenvalue weighted by Gasteiger charge is -2.24. The molecule has 1 amide bonds. The molecule has 3 heterocycles. The molecule has 37 heavy (non-hydrogen) atoms. The first-order valence-electron chi connectivity index (χ1n) is 12.0. The van der Waals surface area contributed by atoms with Gasteiger partial charge in [-0.05, 0) is 71.9 Å². The molecule has 0 fully saturated rings. The van der Waals surface area contributed by atoms with E-state index >= 15 is 0 Å². The van der Waals surface area contributed by atoms with Gasteiger partial charge in [-0.3, -0.25) is 0 Å². The number of benzene rings is 1. The number of methoxy groups -OCH3 is 1. The number of imidazole rings is 1. The molecule has 0 aliphatic carbocycles. The van der Waals surface area contributed by atoms with Crippen molar-refractivity contribution < 1.29 is 23.8 Å². The normalized spacial score (nSPS) is 13.0. The molecule has 10 heteroatoms. The highest BCUT2D eigenvalue weighted by atomic mass is 16.6. The fourth-order valence-corrected chi connectivity index (χ4v) is 4.02. The fraction of sp³-hybridized carbons (Fsp3) is 0.407. The molecule has 0 bridgehead atoms. The lowest BCUT2D eigenvalue weighted by molar-refractivity contribution is -0.00473. The van der Waals surface area contributed by atoms with Crippen LogP contribution in [-0.4, -0.2) is 44.3 Å². The van der Waals surface area contributed by atoms with E-state index in [-0.39, 0.29) is 6.04 Å². The molecule has 1 aromatic carbocycles. The summed E-state index contributed by atoms with van der Waals surface area (Å²) in [4.78, 5) is 37.5. The van der Waals surface area contributed by atoms with Gasteiger partial charge in [-0.2, -0.15) is 0 Å². The number of aryl methyl sites for hydroxylation is 1. The molecule has 2 N–H and O–H groups in total. The van der Waals surface area contributed by atoms with Gasteiger partial charge in [0.05, 0.1) is 41.9 Å². The largest absolute Gasteiger partial charge is 0.494 e. The number of ether oxygens (including phenoxy) is 3. The standard InChI is InChI=1S/C27H33N5O5/c1-15(29-25(34)37-26(2,3)4)18-10-9-16-13-21(31-23(16)30-18)27(5,6)36-24(33)17-11-19-22(20(12-17)35-8)32(7)14-28-19/h9-15H,1-8H3,(H,29,34)(H,30,31)/t15-/m1/s1. The van der Waals surface area contributed by atoms with Gasteiger partial charge >= 0.3 is 12.1 Å². The lowest BCUT2D eigenvalue weighted by Crippen LogP contribution is -2.34. The number of carbonyl (C=O) groups excluding carboxylic acids is 2. The van der Waals surface area contributed by atoms with Gasteiger partial charge in [0, 0.05) is 12.4 Å². The molecule has 0 spiro atoms. The van der Waals surface area contributed by atoms with E-state index in [1.165, 1.54) is 0 Å². The van der Waals surface area contributed by atoms with Crippen molar-refractivity contribution in [3.8, 4) is 5.75 Å². The van der Waals surface area contributed by atoms with Crippen LogP contribution in [0.3, 0.4) is 0 Å². The van der Waals surface area contributed by atoms with Crippen molar-refractivity contribution in [3.05, 3.63) is 53.6 Å². The molecular weight excluding hydrogens is 474 g/mol. The number of esters is 1. The molecule has 0 unspecified atom stereocenters. The zero-order valence-corrected chi connectivity index (χ0v) is 22.4. The summed E-state index contributed by atoms with van der Waals surface area (Å²) in [6.07, 6.45) is 1.16. The van der Waals surface area contributed by atoms with Crippen molar-refractivity contribution in [3.63, 3.8) is 0 Å². The number of hydrogen-bond donors (Lipinski definition) is 2. The number of fused-ring (bicyclic) bond motifs is 2. The van der Waals surface area contributed by atoms with Crippen molar-refractivity contribution in [2.24, 2.45) is 7.05 Å². The van der Waals surface area contributed by atoms with E-state index < -0.39 is 23.3 Å². The summed E-state index contributed by atoms with van der Waals surface area (Å²) < 4.78 is 18.6. The van der Waals surface area contributed by atoms with E-state index in [9.17, 15) is 9.59 Å². The molecule has 3 aromatic heterocycles. The van der Waals surface area contributed by atoms with Gasteiger partial charge in [-0.15, -0.1) is 0 Å². The van der Waals surface area contributed by atoms with Crippen LogP contribution in [-0.2, 0) is 22.1 Å². The Kier molecular flexibility index (Phi) is 6.62. The molecule has 4 aromatic rings. The summed E-state index contributed by atoms with van der Waals surface area (Å²) >= 11 is 0. The molecule has 196 valence electrons. The Bertz CT molecular complexity index is 1480. The van der Waals surface area contributed by atoms with Crippen LogP contribution in [0.2, 0.25) is 0 Å². The number of hydrogen-bond acceptors (Lipinski definition) is 7. The second-order valence-corrected chi connectivity index (χ2v) is 10.5. The SMILES string of the molecule is COc1cc(C(=O)OC(C)(C)c2cc3ccc([C@@H](C)NC(=O)OC(C)(C)C)nc3[nH]2)cc2ncn(C)c12. The van der Waals surface area contributed by atoms with Crippen LogP contribution in [0.5, 0.6) is 5.75 Å². The Morgan fingerprint density at radius 2 is 1.81 bits per heavy atom. The summed E-state index contributed by atoms with van der Waals surface area (Å²) in [6, 6.07) is 8.62. The second-order valence-electron chi connectivity index (χ2n) is 10.5. The molecule has 10 nitrogen and oxygen atoms in total. The van der Waals surface area contributed by atoms with E-state index in [1.807, 2.05) is 57.5 Å². The molecular formula is C27H33N5O5. The Morgan fingerprint density at radius 3 is 2.49 bits per heavy atom. The van der Waals surface area contributed by atoms with E-state index in [0.29, 0.717) is 33.9 Å². The Labute approximate surface area is 215 Å².